The maximum absolute atomic E-state index is 11.1. The summed E-state index contributed by atoms with van der Waals surface area (Å²) in [7, 11) is 2.00. The molecular weight excluding hydrogens is 264 g/mol. The first-order valence-corrected chi connectivity index (χ1v) is 7.26. The predicted octanol–water partition coefficient (Wildman–Crippen LogP) is 0.973. The highest BCUT2D eigenvalue weighted by molar-refractivity contribution is 5.76. The van der Waals surface area contributed by atoms with Gasteiger partial charge in [-0.05, 0) is 6.42 Å². The van der Waals surface area contributed by atoms with Crippen LogP contribution in [0.1, 0.15) is 11.3 Å². The van der Waals surface area contributed by atoms with Gasteiger partial charge in [0.25, 0.3) is 0 Å². The zero-order valence-corrected chi connectivity index (χ0v) is 12.2. The molecule has 2 aromatic rings. The van der Waals surface area contributed by atoms with Gasteiger partial charge in [-0.1, -0.05) is 30.3 Å². The molecule has 1 aromatic carbocycles. The van der Waals surface area contributed by atoms with Crippen LogP contribution >= 0.6 is 0 Å². The van der Waals surface area contributed by atoms with Gasteiger partial charge < -0.3 is 5.73 Å². The van der Waals surface area contributed by atoms with E-state index in [4.69, 9.17) is 5.73 Å². The minimum absolute atomic E-state index is 0.265. The number of hydrogen-bond acceptors (Lipinski definition) is 3. The number of carbonyl (C=O) groups excluding carboxylic acids is 1. The highest BCUT2D eigenvalue weighted by atomic mass is 16.1. The van der Waals surface area contributed by atoms with E-state index < -0.39 is 0 Å². The Kier molecular flexibility index (Phi) is 3.75. The number of nitrogens with two attached hydrogens (primary N) is 1. The molecule has 3 rings (SSSR count). The second-order valence-electron chi connectivity index (χ2n) is 5.51. The Bertz CT molecular complexity index is 648. The molecular formula is C16H20N4O. The molecule has 0 radical (unpaired) electrons. The Balaban J connectivity index is 1.91. The Morgan fingerprint density at radius 1 is 1.24 bits per heavy atom. The Labute approximate surface area is 124 Å². The van der Waals surface area contributed by atoms with Crippen LogP contribution in [-0.2, 0) is 24.7 Å². The summed E-state index contributed by atoms with van der Waals surface area (Å²) in [5, 5.41) is 4.67. The number of rotatable bonds is 3. The van der Waals surface area contributed by atoms with E-state index in [2.05, 4.69) is 22.1 Å². The first kappa shape index (κ1) is 13.8. The zero-order valence-electron chi connectivity index (χ0n) is 12.2. The SMILES string of the molecule is Cn1nc2c(c1-c1ccccc1)CCN(CC(N)=O)CC2. The third-order valence-electron chi connectivity index (χ3n) is 4.00. The van der Waals surface area contributed by atoms with Gasteiger partial charge in [0, 0.05) is 37.7 Å². The molecule has 0 unspecified atom stereocenters. The normalized spacial score (nSPS) is 15.5. The number of primary amides is 1. The molecule has 21 heavy (non-hydrogen) atoms. The lowest BCUT2D eigenvalue weighted by molar-refractivity contribution is -0.119. The maximum atomic E-state index is 11.1. The van der Waals surface area contributed by atoms with Gasteiger partial charge in [0.2, 0.25) is 5.91 Å². The summed E-state index contributed by atoms with van der Waals surface area (Å²) in [5.74, 6) is -0.265. The van der Waals surface area contributed by atoms with Crippen LogP contribution in [0.2, 0.25) is 0 Å². The fourth-order valence-electron chi connectivity index (χ4n) is 3.07. The van der Waals surface area contributed by atoms with Crippen molar-refractivity contribution in [1.82, 2.24) is 14.7 Å². The topological polar surface area (TPSA) is 64.2 Å². The van der Waals surface area contributed by atoms with Crippen LogP contribution in [-0.4, -0.2) is 40.2 Å². The van der Waals surface area contributed by atoms with Gasteiger partial charge in [-0.15, -0.1) is 0 Å². The number of benzene rings is 1. The molecule has 110 valence electrons. The van der Waals surface area contributed by atoms with E-state index in [1.807, 2.05) is 29.9 Å². The van der Waals surface area contributed by atoms with Crippen molar-refractivity contribution in [3.05, 3.63) is 41.6 Å². The standard InChI is InChI=1S/C16H20N4O/c1-19-16(12-5-3-2-4-6-12)13-7-9-20(11-15(17)21)10-8-14(13)18-19/h2-6H,7-11H2,1H3,(H2,17,21). The highest BCUT2D eigenvalue weighted by Gasteiger charge is 2.22. The first-order valence-electron chi connectivity index (χ1n) is 7.26. The summed E-state index contributed by atoms with van der Waals surface area (Å²) >= 11 is 0. The number of nitrogens with zero attached hydrogens (tertiary/aromatic N) is 3. The number of amides is 1. The van der Waals surface area contributed by atoms with Crippen LogP contribution in [0.3, 0.4) is 0 Å². The van der Waals surface area contributed by atoms with Gasteiger partial charge in [-0.25, -0.2) is 0 Å². The van der Waals surface area contributed by atoms with Crippen LogP contribution in [0, 0.1) is 0 Å². The van der Waals surface area contributed by atoms with E-state index in [0.29, 0.717) is 6.54 Å². The lowest BCUT2D eigenvalue weighted by Crippen LogP contribution is -2.35. The minimum atomic E-state index is -0.265. The van der Waals surface area contributed by atoms with Gasteiger partial charge in [0.15, 0.2) is 0 Å². The molecule has 1 aromatic heterocycles. The monoisotopic (exact) mass is 284 g/mol. The van der Waals surface area contributed by atoms with Gasteiger partial charge in [-0.2, -0.15) is 5.10 Å². The molecule has 0 aliphatic carbocycles. The minimum Gasteiger partial charge on any atom is -0.369 e. The lowest BCUT2D eigenvalue weighted by Gasteiger charge is -2.17. The van der Waals surface area contributed by atoms with Crippen LogP contribution in [0.4, 0.5) is 0 Å². The van der Waals surface area contributed by atoms with Crippen molar-refractivity contribution in [2.24, 2.45) is 12.8 Å². The summed E-state index contributed by atoms with van der Waals surface area (Å²) < 4.78 is 1.98. The predicted molar refractivity (Wildman–Crippen MR) is 81.7 cm³/mol. The lowest BCUT2D eigenvalue weighted by atomic mass is 10.0. The molecule has 5 nitrogen and oxygen atoms in total. The zero-order chi connectivity index (χ0) is 14.8. The summed E-state index contributed by atoms with van der Waals surface area (Å²) in [6.07, 6.45) is 1.77. The quantitative estimate of drug-likeness (QED) is 0.913. The molecule has 1 aliphatic heterocycles. The second kappa shape index (κ2) is 5.69. The summed E-state index contributed by atoms with van der Waals surface area (Å²) in [4.78, 5) is 13.2. The molecule has 2 heterocycles. The Morgan fingerprint density at radius 3 is 2.67 bits per heavy atom. The molecule has 1 aliphatic rings. The van der Waals surface area contributed by atoms with Gasteiger partial charge in [0.1, 0.15) is 0 Å². The fraction of sp³-hybridized carbons (Fsp3) is 0.375. The van der Waals surface area contributed by atoms with E-state index in [1.165, 1.54) is 16.8 Å². The third kappa shape index (κ3) is 2.83. The smallest absolute Gasteiger partial charge is 0.231 e. The van der Waals surface area contributed by atoms with Crippen molar-refractivity contribution < 1.29 is 4.79 Å². The molecule has 0 atom stereocenters. The van der Waals surface area contributed by atoms with E-state index in [9.17, 15) is 4.79 Å². The van der Waals surface area contributed by atoms with Crippen LogP contribution in [0.5, 0.6) is 0 Å². The Morgan fingerprint density at radius 2 is 1.95 bits per heavy atom. The van der Waals surface area contributed by atoms with E-state index in [-0.39, 0.29) is 5.91 Å². The average molecular weight is 284 g/mol. The molecule has 0 saturated heterocycles. The number of hydrogen-bond donors (Lipinski definition) is 1. The number of aryl methyl sites for hydroxylation is 1. The fourth-order valence-corrected chi connectivity index (χ4v) is 3.07. The van der Waals surface area contributed by atoms with Gasteiger partial charge in [-0.3, -0.25) is 14.4 Å². The maximum Gasteiger partial charge on any atom is 0.231 e. The molecule has 0 spiro atoms. The van der Waals surface area contributed by atoms with Crippen LogP contribution in [0.15, 0.2) is 30.3 Å². The van der Waals surface area contributed by atoms with E-state index >= 15 is 0 Å². The molecule has 5 heteroatoms. The summed E-state index contributed by atoms with van der Waals surface area (Å²) in [5.41, 5.74) is 10.1. The largest absolute Gasteiger partial charge is 0.369 e. The molecule has 0 bridgehead atoms. The van der Waals surface area contributed by atoms with Crippen LogP contribution in [0.25, 0.3) is 11.3 Å². The molecule has 1 amide bonds. The van der Waals surface area contributed by atoms with E-state index in [1.54, 1.807) is 0 Å². The van der Waals surface area contributed by atoms with Crippen molar-refractivity contribution >= 4 is 5.91 Å². The Hall–Kier alpha value is -2.14. The van der Waals surface area contributed by atoms with Crippen molar-refractivity contribution in [3.8, 4) is 11.3 Å². The number of carbonyl (C=O) groups is 1. The van der Waals surface area contributed by atoms with Crippen molar-refractivity contribution in [3.63, 3.8) is 0 Å². The van der Waals surface area contributed by atoms with Gasteiger partial charge >= 0.3 is 0 Å². The molecule has 0 fully saturated rings. The third-order valence-corrected chi connectivity index (χ3v) is 4.00. The van der Waals surface area contributed by atoms with Crippen molar-refractivity contribution in [2.45, 2.75) is 12.8 Å². The number of fused-ring (bicyclic) bond motifs is 1. The van der Waals surface area contributed by atoms with Gasteiger partial charge in [0.05, 0.1) is 17.9 Å². The summed E-state index contributed by atoms with van der Waals surface area (Å²) in [6, 6.07) is 10.3. The molecule has 0 saturated carbocycles. The highest BCUT2D eigenvalue weighted by Crippen LogP contribution is 2.28. The van der Waals surface area contributed by atoms with Crippen molar-refractivity contribution in [2.75, 3.05) is 19.6 Å². The average Bonchev–Trinajstić information content (AvgIpc) is 2.66. The molecule has 2 N–H and O–H groups in total. The van der Waals surface area contributed by atoms with E-state index in [0.717, 1.165) is 31.6 Å². The summed E-state index contributed by atoms with van der Waals surface area (Å²) in [6.45, 7) is 2.01. The second-order valence-corrected chi connectivity index (χ2v) is 5.51. The van der Waals surface area contributed by atoms with Crippen LogP contribution < -0.4 is 5.73 Å². The van der Waals surface area contributed by atoms with Crippen molar-refractivity contribution in [1.29, 1.82) is 0 Å². The number of aromatic nitrogens is 2. The first-order chi connectivity index (χ1) is 10.1.